The summed E-state index contributed by atoms with van der Waals surface area (Å²) >= 11 is 1.12. The molecule has 28 heavy (non-hydrogen) atoms. The number of halogens is 3. The number of hydrogen-bond donors (Lipinski definition) is 2. The summed E-state index contributed by atoms with van der Waals surface area (Å²) in [6.07, 6.45) is -3.46. The molecular weight excluding hydrogens is 391 g/mol. The zero-order valence-electron chi connectivity index (χ0n) is 14.5. The molecule has 1 heterocycles. The van der Waals surface area contributed by atoms with Crippen molar-refractivity contribution in [2.24, 2.45) is 4.99 Å². The van der Waals surface area contributed by atoms with Gasteiger partial charge in [0.1, 0.15) is 0 Å². The van der Waals surface area contributed by atoms with Crippen molar-refractivity contribution >= 4 is 46.2 Å². The van der Waals surface area contributed by atoms with Gasteiger partial charge in [-0.2, -0.15) is 13.2 Å². The fourth-order valence-electron chi connectivity index (χ4n) is 2.35. The summed E-state index contributed by atoms with van der Waals surface area (Å²) in [6.45, 7) is 1.93. The Morgan fingerprint density at radius 2 is 1.93 bits per heavy atom. The van der Waals surface area contributed by atoms with Crippen LogP contribution >= 0.6 is 11.8 Å². The molecule has 0 bridgehead atoms. The van der Waals surface area contributed by atoms with Crippen molar-refractivity contribution in [2.75, 3.05) is 5.32 Å². The molecule has 9 heteroatoms. The smallest absolute Gasteiger partial charge is 0.318 e. The van der Waals surface area contributed by atoms with Crippen LogP contribution in [0.3, 0.4) is 0 Å². The lowest BCUT2D eigenvalue weighted by Gasteiger charge is -2.08. The van der Waals surface area contributed by atoms with E-state index in [1.165, 1.54) is 24.3 Å². The molecule has 0 spiro atoms. The number of amides is 2. The Hall–Kier alpha value is -3.07. The van der Waals surface area contributed by atoms with Gasteiger partial charge in [0.15, 0.2) is 5.17 Å². The van der Waals surface area contributed by atoms with Gasteiger partial charge in [-0.05, 0) is 60.2 Å². The normalized spacial score (nSPS) is 17.1. The zero-order chi connectivity index (χ0) is 20.3. The van der Waals surface area contributed by atoms with Crippen LogP contribution in [0.1, 0.15) is 11.1 Å². The highest BCUT2D eigenvalue weighted by molar-refractivity contribution is 8.18. The van der Waals surface area contributed by atoms with Crippen molar-refractivity contribution < 1.29 is 22.8 Å². The number of nitrogens with one attached hydrogen (secondary N) is 2. The van der Waals surface area contributed by atoms with Gasteiger partial charge >= 0.3 is 12.1 Å². The number of alkyl halides is 3. The lowest BCUT2D eigenvalue weighted by molar-refractivity contribution is -0.167. The molecule has 0 saturated carbocycles. The van der Waals surface area contributed by atoms with Crippen LogP contribution in [0.15, 0.2) is 58.4 Å². The number of carbonyl (C=O) groups excluding carboxylic acids is 2. The topological polar surface area (TPSA) is 70.6 Å². The average molecular weight is 405 g/mol. The predicted octanol–water partition coefficient (Wildman–Crippen LogP) is 4.39. The molecule has 1 fully saturated rings. The van der Waals surface area contributed by atoms with Gasteiger partial charge in [-0.25, -0.2) is 4.99 Å². The first kappa shape index (κ1) is 19.7. The second-order valence-electron chi connectivity index (χ2n) is 5.90. The largest absolute Gasteiger partial charge is 0.471 e. The highest BCUT2D eigenvalue weighted by atomic mass is 32.2. The maximum absolute atomic E-state index is 12.4. The number of aryl methyl sites for hydroxylation is 1. The third kappa shape index (κ3) is 5.01. The van der Waals surface area contributed by atoms with Crippen molar-refractivity contribution in [1.29, 1.82) is 0 Å². The fraction of sp³-hybridized carbons (Fsp3) is 0.105. The van der Waals surface area contributed by atoms with Crippen molar-refractivity contribution in [3.8, 4) is 0 Å². The molecule has 2 aromatic rings. The van der Waals surface area contributed by atoms with Crippen LogP contribution in [0.5, 0.6) is 0 Å². The minimum atomic E-state index is -4.98. The molecule has 144 valence electrons. The number of rotatable bonds is 3. The molecule has 1 saturated heterocycles. The molecule has 0 radical (unpaired) electrons. The van der Waals surface area contributed by atoms with Crippen LogP contribution in [0.4, 0.5) is 24.5 Å². The molecular formula is C19H14F3N3O2S. The lowest BCUT2D eigenvalue weighted by atomic mass is 10.2. The Morgan fingerprint density at radius 3 is 2.64 bits per heavy atom. The predicted molar refractivity (Wildman–Crippen MR) is 103 cm³/mol. The lowest BCUT2D eigenvalue weighted by Crippen LogP contribution is -2.29. The van der Waals surface area contributed by atoms with Crippen molar-refractivity contribution in [3.63, 3.8) is 0 Å². The van der Waals surface area contributed by atoms with E-state index in [-0.39, 0.29) is 11.6 Å². The minimum absolute atomic E-state index is 0.0197. The van der Waals surface area contributed by atoms with Crippen molar-refractivity contribution in [1.82, 2.24) is 5.32 Å². The van der Waals surface area contributed by atoms with Crippen LogP contribution in [0.2, 0.25) is 0 Å². The summed E-state index contributed by atoms with van der Waals surface area (Å²) in [4.78, 5) is 27.9. The van der Waals surface area contributed by atoms with E-state index in [4.69, 9.17) is 0 Å². The molecule has 0 aromatic heterocycles. The van der Waals surface area contributed by atoms with Gasteiger partial charge < -0.3 is 10.6 Å². The Balaban J connectivity index is 1.77. The van der Waals surface area contributed by atoms with Gasteiger partial charge in [-0.3, -0.25) is 9.59 Å². The molecule has 0 unspecified atom stereocenters. The number of nitrogens with zero attached hydrogens (tertiary/aromatic N) is 1. The van der Waals surface area contributed by atoms with Gasteiger partial charge in [0.25, 0.3) is 5.91 Å². The maximum atomic E-state index is 12.4. The van der Waals surface area contributed by atoms with Crippen LogP contribution in [-0.2, 0) is 9.59 Å². The van der Waals surface area contributed by atoms with Crippen LogP contribution in [-0.4, -0.2) is 23.2 Å². The molecule has 3 rings (SSSR count). The Morgan fingerprint density at radius 1 is 1.18 bits per heavy atom. The van der Waals surface area contributed by atoms with Gasteiger partial charge in [-0.15, -0.1) is 0 Å². The summed E-state index contributed by atoms with van der Waals surface area (Å²) in [6, 6.07) is 13.2. The van der Waals surface area contributed by atoms with Gasteiger partial charge in [0.05, 0.1) is 10.6 Å². The SMILES string of the molecule is Cc1cccc(N=C2NC(=O)/C(=C\c3cccc(NC(=O)C(F)(F)F)c3)S2)c1. The summed E-state index contributed by atoms with van der Waals surface area (Å²) < 4.78 is 37.1. The summed E-state index contributed by atoms with van der Waals surface area (Å²) in [5.74, 6) is -2.42. The first-order valence-electron chi connectivity index (χ1n) is 8.05. The third-order valence-corrected chi connectivity index (χ3v) is 4.49. The fourth-order valence-corrected chi connectivity index (χ4v) is 3.20. The highest BCUT2D eigenvalue weighted by Crippen LogP contribution is 2.29. The monoisotopic (exact) mass is 405 g/mol. The number of carbonyl (C=O) groups is 2. The highest BCUT2D eigenvalue weighted by Gasteiger charge is 2.38. The van der Waals surface area contributed by atoms with Crippen LogP contribution in [0, 0.1) is 6.92 Å². The van der Waals surface area contributed by atoms with E-state index in [9.17, 15) is 22.8 Å². The van der Waals surface area contributed by atoms with Gasteiger partial charge in [0.2, 0.25) is 0 Å². The maximum Gasteiger partial charge on any atom is 0.471 e. The second kappa shape index (κ2) is 7.89. The van der Waals surface area contributed by atoms with E-state index in [0.717, 1.165) is 17.3 Å². The molecule has 2 aromatic carbocycles. The van der Waals surface area contributed by atoms with E-state index in [1.54, 1.807) is 17.4 Å². The van der Waals surface area contributed by atoms with E-state index in [2.05, 4.69) is 10.3 Å². The van der Waals surface area contributed by atoms with E-state index in [1.807, 2.05) is 25.1 Å². The van der Waals surface area contributed by atoms with Crippen LogP contribution in [0.25, 0.3) is 6.08 Å². The quantitative estimate of drug-likeness (QED) is 0.745. The number of anilines is 1. The number of aliphatic imine (C=N–C) groups is 1. The molecule has 0 aliphatic carbocycles. The first-order chi connectivity index (χ1) is 13.2. The van der Waals surface area contributed by atoms with E-state index >= 15 is 0 Å². The summed E-state index contributed by atoms with van der Waals surface area (Å²) in [5.41, 5.74) is 2.17. The molecule has 1 aliphatic heterocycles. The minimum Gasteiger partial charge on any atom is -0.318 e. The van der Waals surface area contributed by atoms with E-state index < -0.39 is 12.1 Å². The Kier molecular flexibility index (Phi) is 5.55. The average Bonchev–Trinajstić information content (AvgIpc) is 2.93. The van der Waals surface area contributed by atoms with Gasteiger partial charge in [-0.1, -0.05) is 24.3 Å². The van der Waals surface area contributed by atoms with Crippen molar-refractivity contribution in [3.05, 3.63) is 64.6 Å². The van der Waals surface area contributed by atoms with Crippen molar-refractivity contribution in [2.45, 2.75) is 13.1 Å². The van der Waals surface area contributed by atoms with E-state index in [0.29, 0.717) is 21.3 Å². The zero-order valence-corrected chi connectivity index (χ0v) is 15.3. The Bertz CT molecular complexity index is 1000. The number of hydrogen-bond acceptors (Lipinski definition) is 4. The molecule has 1 aliphatic rings. The first-order valence-corrected chi connectivity index (χ1v) is 8.87. The standard InChI is InChI=1S/C19H14F3N3O2S/c1-11-4-2-6-13(8-11)24-18-25-16(26)15(28-18)10-12-5-3-7-14(9-12)23-17(27)19(20,21)22/h2-10H,1H3,(H,23,27)(H,24,25,26)/b15-10+. The molecule has 5 nitrogen and oxygen atoms in total. The summed E-state index contributed by atoms with van der Waals surface area (Å²) in [5, 5.41) is 4.83. The summed E-state index contributed by atoms with van der Waals surface area (Å²) in [7, 11) is 0. The Labute approximate surface area is 162 Å². The number of thioether (sulfide) groups is 1. The number of benzene rings is 2. The number of amidine groups is 1. The molecule has 2 amide bonds. The third-order valence-electron chi connectivity index (χ3n) is 3.58. The molecule has 0 atom stereocenters. The van der Waals surface area contributed by atoms with Crippen LogP contribution < -0.4 is 10.6 Å². The second-order valence-corrected chi connectivity index (χ2v) is 6.93. The van der Waals surface area contributed by atoms with Gasteiger partial charge in [0, 0.05) is 5.69 Å². The molecule has 2 N–H and O–H groups in total.